The number of nitrogen functional groups attached to an aromatic ring is 1. The molecule has 2 aliphatic heterocycles. The fourth-order valence-electron chi connectivity index (χ4n) is 6.50. The van der Waals surface area contributed by atoms with Gasteiger partial charge in [0, 0.05) is 36.4 Å². The van der Waals surface area contributed by atoms with Crippen LogP contribution in [0.15, 0.2) is 91.1 Å². The Morgan fingerprint density at radius 2 is 1.78 bits per heavy atom. The molecule has 3 N–H and O–H groups in total. The number of aryl methyl sites for hydroxylation is 1. The van der Waals surface area contributed by atoms with Gasteiger partial charge >= 0.3 is 5.97 Å². The number of carboxylic acids is 1. The number of rotatable bonds is 6. The molecule has 1 saturated heterocycles. The van der Waals surface area contributed by atoms with Gasteiger partial charge in [-0.2, -0.15) is 0 Å². The van der Waals surface area contributed by atoms with E-state index in [1.165, 1.54) is 5.56 Å². The first-order valence-electron chi connectivity index (χ1n) is 16.5. The van der Waals surface area contributed by atoms with E-state index in [1.807, 2.05) is 42.5 Å². The van der Waals surface area contributed by atoms with E-state index in [1.54, 1.807) is 24.4 Å². The van der Waals surface area contributed by atoms with Crippen molar-refractivity contribution >= 4 is 22.8 Å². The van der Waals surface area contributed by atoms with Crippen LogP contribution in [0.3, 0.4) is 0 Å². The Labute approximate surface area is 283 Å². The maximum atomic E-state index is 11.8. The van der Waals surface area contributed by atoms with Crippen molar-refractivity contribution < 1.29 is 24.1 Å². The number of hydrogen-bond donors (Lipinski definition) is 2. The largest absolute Gasteiger partial charge is 0.493 e. The summed E-state index contributed by atoms with van der Waals surface area (Å²) in [6, 6.07) is 27.3. The second kappa shape index (κ2) is 13.0. The molecule has 3 aromatic heterocycles. The highest BCUT2D eigenvalue weighted by Gasteiger charge is 2.23. The first kappa shape index (κ1) is 30.6. The fraction of sp³-hybridized carbons (Fsp3) is 0.231. The number of nitrogens with two attached hydrogens (primary N) is 1. The van der Waals surface area contributed by atoms with Crippen molar-refractivity contribution in [3.8, 4) is 34.0 Å². The van der Waals surface area contributed by atoms with Crippen LogP contribution in [0.25, 0.3) is 33.4 Å². The molecule has 1 fully saturated rings. The number of aromatic carboxylic acids is 1. The first-order chi connectivity index (χ1) is 24.0. The zero-order valence-electron chi connectivity index (χ0n) is 26.8. The van der Waals surface area contributed by atoms with Crippen LogP contribution < -0.4 is 15.2 Å². The molecule has 10 heteroatoms. The molecule has 8 rings (SSSR count). The standard InChI is InChI=1S/C39H35N5O5/c40-36-20-26(12-14-41-36)25-6-9-30-23-49-38-5-1-4-32(43-38)27-7-8-28(35(19-27)48-15-2-3-24(30)17-25)21-37-42-33-11-10-29(39(45)46)18-34(33)44(37)22-31-13-16-47-31/h1,4-12,14,17-20,31H,2-3,13,15-16,21-23H2,(H2,40,41)(H,45,46). The SMILES string of the molecule is Nc1cc(-c2ccc3c(c2)CCCOc2cc(ccc2Cc2nc4ccc(C(=O)O)cc4n2CC2CCO2)-c2cccc(n2)OC3)ccn1. The molecule has 4 bridgehead atoms. The highest BCUT2D eigenvalue weighted by Crippen LogP contribution is 2.32. The summed E-state index contributed by atoms with van der Waals surface area (Å²) in [6.45, 7) is 2.24. The minimum Gasteiger partial charge on any atom is -0.493 e. The lowest BCUT2D eigenvalue weighted by Crippen LogP contribution is -2.31. The molecule has 1 unspecified atom stereocenters. The topological polar surface area (TPSA) is 135 Å². The summed E-state index contributed by atoms with van der Waals surface area (Å²) in [6.07, 6.45) is 4.83. The molecule has 1 atom stereocenters. The normalized spacial score (nSPS) is 15.7. The van der Waals surface area contributed by atoms with E-state index in [9.17, 15) is 9.90 Å². The Morgan fingerprint density at radius 1 is 0.898 bits per heavy atom. The molecule has 3 aromatic carbocycles. The lowest BCUT2D eigenvalue weighted by Gasteiger charge is -2.27. The zero-order chi connectivity index (χ0) is 33.3. The van der Waals surface area contributed by atoms with Gasteiger partial charge < -0.3 is 29.6 Å². The molecule has 10 nitrogen and oxygen atoms in total. The summed E-state index contributed by atoms with van der Waals surface area (Å²) in [5.41, 5.74) is 14.8. The highest BCUT2D eigenvalue weighted by molar-refractivity contribution is 5.92. The molecular weight excluding hydrogens is 618 g/mol. The number of benzene rings is 3. The van der Waals surface area contributed by atoms with E-state index in [4.69, 9.17) is 29.9 Å². The van der Waals surface area contributed by atoms with Crippen LogP contribution in [-0.4, -0.2) is 49.9 Å². The third-order valence-electron chi connectivity index (χ3n) is 9.23. The smallest absolute Gasteiger partial charge is 0.335 e. The summed E-state index contributed by atoms with van der Waals surface area (Å²) >= 11 is 0. The van der Waals surface area contributed by atoms with Gasteiger partial charge in [-0.25, -0.2) is 19.7 Å². The molecule has 0 spiro atoms. The third kappa shape index (κ3) is 6.42. The molecule has 2 aliphatic rings. The minimum atomic E-state index is -0.967. The lowest BCUT2D eigenvalue weighted by atomic mass is 9.97. The number of aromatic nitrogens is 4. The number of carboxylic acid groups (broad SMARTS) is 1. The number of nitrogens with zero attached hydrogens (tertiary/aromatic N) is 4. The van der Waals surface area contributed by atoms with Gasteiger partial charge in [0.1, 0.15) is 24.0 Å². The second-order valence-electron chi connectivity index (χ2n) is 12.5. The molecule has 5 heterocycles. The zero-order valence-corrected chi connectivity index (χ0v) is 26.8. The first-order valence-corrected chi connectivity index (χ1v) is 16.5. The van der Waals surface area contributed by atoms with E-state index < -0.39 is 5.97 Å². The Bertz CT molecular complexity index is 2190. The average molecular weight is 654 g/mol. The predicted octanol–water partition coefficient (Wildman–Crippen LogP) is 6.72. The van der Waals surface area contributed by atoms with Crippen LogP contribution in [0.2, 0.25) is 0 Å². The van der Waals surface area contributed by atoms with Crippen LogP contribution in [0.1, 0.15) is 45.7 Å². The summed E-state index contributed by atoms with van der Waals surface area (Å²) in [4.78, 5) is 25.7. The molecule has 0 saturated carbocycles. The molecule has 0 aliphatic carbocycles. The van der Waals surface area contributed by atoms with Crippen molar-refractivity contribution in [1.82, 2.24) is 19.5 Å². The molecule has 0 amide bonds. The second-order valence-corrected chi connectivity index (χ2v) is 12.5. The van der Waals surface area contributed by atoms with Crippen molar-refractivity contribution in [3.63, 3.8) is 0 Å². The van der Waals surface area contributed by atoms with Gasteiger partial charge in [0.05, 0.1) is 41.5 Å². The summed E-state index contributed by atoms with van der Waals surface area (Å²) in [5.74, 6) is 1.65. The van der Waals surface area contributed by atoms with Crippen LogP contribution >= 0.6 is 0 Å². The van der Waals surface area contributed by atoms with Gasteiger partial charge in [-0.05, 0) is 84.0 Å². The van der Waals surface area contributed by atoms with Gasteiger partial charge in [-0.1, -0.05) is 36.4 Å². The maximum absolute atomic E-state index is 11.8. The molecule has 6 aromatic rings. The van der Waals surface area contributed by atoms with Crippen molar-refractivity contribution in [1.29, 1.82) is 0 Å². The van der Waals surface area contributed by atoms with Crippen LogP contribution in [0.5, 0.6) is 11.6 Å². The number of pyridine rings is 2. The summed E-state index contributed by atoms with van der Waals surface area (Å²) < 4.78 is 20.7. The van der Waals surface area contributed by atoms with Crippen molar-refractivity contribution in [2.75, 3.05) is 18.9 Å². The Morgan fingerprint density at radius 3 is 2.61 bits per heavy atom. The monoisotopic (exact) mass is 653 g/mol. The predicted molar refractivity (Wildman–Crippen MR) is 186 cm³/mol. The fourth-order valence-corrected chi connectivity index (χ4v) is 6.50. The maximum Gasteiger partial charge on any atom is 0.335 e. The number of fused-ring (bicyclic) bond motifs is 7. The van der Waals surface area contributed by atoms with Crippen molar-refractivity contribution in [2.24, 2.45) is 0 Å². The Balaban J connectivity index is 1.13. The van der Waals surface area contributed by atoms with E-state index in [-0.39, 0.29) is 11.7 Å². The number of imidazole rings is 1. The van der Waals surface area contributed by atoms with E-state index in [0.29, 0.717) is 37.9 Å². The van der Waals surface area contributed by atoms with Gasteiger partial charge in [0.25, 0.3) is 0 Å². The minimum absolute atomic E-state index is 0.0705. The molecule has 49 heavy (non-hydrogen) atoms. The van der Waals surface area contributed by atoms with Crippen molar-refractivity contribution in [2.45, 2.75) is 44.9 Å². The van der Waals surface area contributed by atoms with Gasteiger partial charge in [0.2, 0.25) is 5.88 Å². The Kier molecular flexibility index (Phi) is 8.14. The number of hydrogen-bond acceptors (Lipinski definition) is 8. The Hall–Kier alpha value is -5.74. The average Bonchev–Trinajstić information content (AvgIpc) is 3.43. The van der Waals surface area contributed by atoms with E-state index >= 15 is 0 Å². The third-order valence-corrected chi connectivity index (χ3v) is 9.23. The van der Waals surface area contributed by atoms with Crippen LogP contribution in [0.4, 0.5) is 5.82 Å². The number of carbonyl (C=O) groups is 1. The molecule has 246 valence electrons. The van der Waals surface area contributed by atoms with Gasteiger partial charge in [-0.15, -0.1) is 0 Å². The van der Waals surface area contributed by atoms with Crippen molar-refractivity contribution in [3.05, 3.63) is 119 Å². The molecular formula is C39H35N5O5. The number of anilines is 1. The van der Waals surface area contributed by atoms with E-state index in [0.717, 1.165) is 82.0 Å². The van der Waals surface area contributed by atoms with Gasteiger partial charge in [-0.3, -0.25) is 0 Å². The van der Waals surface area contributed by atoms with Crippen LogP contribution in [-0.2, 0) is 30.7 Å². The summed E-state index contributed by atoms with van der Waals surface area (Å²) in [7, 11) is 0. The lowest BCUT2D eigenvalue weighted by molar-refractivity contribution is -0.0589. The quantitative estimate of drug-likeness (QED) is 0.201. The highest BCUT2D eigenvalue weighted by atomic mass is 16.5. The summed E-state index contributed by atoms with van der Waals surface area (Å²) in [5, 5.41) is 9.67. The van der Waals surface area contributed by atoms with Gasteiger partial charge in [0.15, 0.2) is 0 Å². The van der Waals surface area contributed by atoms with E-state index in [2.05, 4.69) is 33.8 Å². The molecule has 0 radical (unpaired) electrons. The number of ether oxygens (including phenoxy) is 3. The van der Waals surface area contributed by atoms with Crippen LogP contribution in [0, 0.1) is 0 Å².